The molecule has 2 aromatic carbocycles. The van der Waals surface area contributed by atoms with Gasteiger partial charge in [-0.3, -0.25) is 4.79 Å². The monoisotopic (exact) mass is 413 g/mol. The van der Waals surface area contributed by atoms with E-state index in [1.54, 1.807) is 6.20 Å². The zero-order chi connectivity index (χ0) is 21.3. The van der Waals surface area contributed by atoms with E-state index >= 15 is 0 Å². The van der Waals surface area contributed by atoms with Crippen LogP contribution in [0.15, 0.2) is 54.7 Å². The SMILES string of the molecule is Cc1cnn([C@H]2CCCc3ccccc32)c1NC(=O)Cc1ccc(C(F)(F)F)cc1. The van der Waals surface area contributed by atoms with Crippen molar-refractivity contribution in [1.29, 1.82) is 0 Å². The number of benzene rings is 2. The lowest BCUT2D eigenvalue weighted by molar-refractivity contribution is -0.137. The molecule has 156 valence electrons. The van der Waals surface area contributed by atoms with Gasteiger partial charge >= 0.3 is 6.18 Å². The van der Waals surface area contributed by atoms with E-state index in [-0.39, 0.29) is 18.4 Å². The van der Waals surface area contributed by atoms with Crippen LogP contribution in [-0.2, 0) is 23.8 Å². The number of aromatic nitrogens is 2. The molecule has 0 saturated carbocycles. The molecule has 0 spiro atoms. The van der Waals surface area contributed by atoms with Crippen LogP contribution in [0.4, 0.5) is 19.0 Å². The number of nitrogens with zero attached hydrogens (tertiary/aromatic N) is 2. The van der Waals surface area contributed by atoms with Gasteiger partial charge in [0.25, 0.3) is 0 Å². The lowest BCUT2D eigenvalue weighted by atomic mass is 9.88. The van der Waals surface area contributed by atoms with Crippen molar-refractivity contribution in [3.8, 4) is 0 Å². The molecule has 0 saturated heterocycles. The van der Waals surface area contributed by atoms with Gasteiger partial charge in [-0.1, -0.05) is 36.4 Å². The van der Waals surface area contributed by atoms with E-state index < -0.39 is 11.7 Å². The molecule has 0 aliphatic heterocycles. The van der Waals surface area contributed by atoms with Crippen LogP contribution in [0.1, 0.15) is 46.7 Å². The molecule has 4 rings (SSSR count). The van der Waals surface area contributed by atoms with Crippen molar-refractivity contribution in [3.05, 3.63) is 82.5 Å². The van der Waals surface area contributed by atoms with Crippen molar-refractivity contribution in [3.63, 3.8) is 0 Å². The van der Waals surface area contributed by atoms with Crippen LogP contribution in [0.2, 0.25) is 0 Å². The standard InChI is InChI=1S/C23H22F3N3O/c1-15-14-27-29(20-8-4-6-17-5-2-3-7-19(17)20)22(15)28-21(30)13-16-9-11-18(12-10-16)23(24,25)26/h2-3,5,7,9-12,14,20H,4,6,8,13H2,1H3,(H,28,30)/t20-/m0/s1. The topological polar surface area (TPSA) is 46.9 Å². The number of fused-ring (bicyclic) bond motifs is 1. The Morgan fingerprint density at radius 1 is 1.17 bits per heavy atom. The van der Waals surface area contributed by atoms with Crippen molar-refractivity contribution in [2.45, 2.75) is 44.8 Å². The van der Waals surface area contributed by atoms with Gasteiger partial charge in [0.1, 0.15) is 5.82 Å². The third kappa shape index (κ3) is 4.10. The summed E-state index contributed by atoms with van der Waals surface area (Å²) < 4.78 is 40.0. The number of hydrogen-bond acceptors (Lipinski definition) is 2. The predicted octanol–water partition coefficient (Wildman–Crippen LogP) is 5.32. The molecule has 0 fully saturated rings. The van der Waals surface area contributed by atoms with Crippen molar-refractivity contribution in [2.75, 3.05) is 5.32 Å². The molecule has 1 heterocycles. The van der Waals surface area contributed by atoms with Crippen molar-refractivity contribution in [2.24, 2.45) is 0 Å². The number of aryl methyl sites for hydroxylation is 2. The first-order valence-electron chi connectivity index (χ1n) is 9.91. The Morgan fingerprint density at radius 2 is 1.90 bits per heavy atom. The maximum Gasteiger partial charge on any atom is 0.416 e. The Morgan fingerprint density at radius 3 is 2.63 bits per heavy atom. The van der Waals surface area contributed by atoms with Gasteiger partial charge in [-0.05, 0) is 55.0 Å². The first-order chi connectivity index (χ1) is 14.3. The number of carbonyl (C=O) groups is 1. The number of amides is 1. The predicted molar refractivity (Wildman–Crippen MR) is 108 cm³/mol. The number of halogens is 3. The Hall–Kier alpha value is -3.09. The molecule has 1 N–H and O–H groups in total. The molecule has 1 aromatic heterocycles. The summed E-state index contributed by atoms with van der Waals surface area (Å²) in [7, 11) is 0. The van der Waals surface area contributed by atoms with E-state index in [1.807, 2.05) is 23.7 Å². The van der Waals surface area contributed by atoms with Crippen LogP contribution in [0.3, 0.4) is 0 Å². The zero-order valence-corrected chi connectivity index (χ0v) is 16.5. The highest BCUT2D eigenvalue weighted by Gasteiger charge is 2.30. The quantitative estimate of drug-likeness (QED) is 0.630. The van der Waals surface area contributed by atoms with Gasteiger partial charge < -0.3 is 5.32 Å². The second-order valence-electron chi connectivity index (χ2n) is 7.65. The largest absolute Gasteiger partial charge is 0.416 e. The molecule has 1 aliphatic carbocycles. The van der Waals surface area contributed by atoms with E-state index in [2.05, 4.69) is 22.5 Å². The van der Waals surface area contributed by atoms with Crippen LogP contribution < -0.4 is 5.32 Å². The minimum Gasteiger partial charge on any atom is -0.310 e. The third-order valence-electron chi connectivity index (χ3n) is 5.52. The maximum atomic E-state index is 12.7. The molecule has 4 nitrogen and oxygen atoms in total. The average molecular weight is 413 g/mol. The second kappa shape index (κ2) is 7.97. The summed E-state index contributed by atoms with van der Waals surface area (Å²) in [6, 6.07) is 13.0. The van der Waals surface area contributed by atoms with E-state index in [4.69, 9.17) is 0 Å². The molecule has 1 atom stereocenters. The first kappa shape index (κ1) is 20.2. The molecule has 30 heavy (non-hydrogen) atoms. The number of nitrogens with one attached hydrogen (secondary N) is 1. The van der Waals surface area contributed by atoms with Gasteiger partial charge in [0.15, 0.2) is 0 Å². The van der Waals surface area contributed by atoms with E-state index in [1.165, 1.54) is 23.3 Å². The lowest BCUT2D eigenvalue weighted by Crippen LogP contribution is -2.23. The fraction of sp³-hybridized carbons (Fsp3) is 0.304. The zero-order valence-electron chi connectivity index (χ0n) is 16.5. The van der Waals surface area contributed by atoms with Crippen LogP contribution >= 0.6 is 0 Å². The number of rotatable bonds is 4. The van der Waals surface area contributed by atoms with Crippen molar-refractivity contribution in [1.82, 2.24) is 9.78 Å². The Labute approximate surface area is 172 Å². The van der Waals surface area contributed by atoms with Crippen LogP contribution in [0, 0.1) is 6.92 Å². The summed E-state index contributed by atoms with van der Waals surface area (Å²) in [6.45, 7) is 1.88. The summed E-state index contributed by atoms with van der Waals surface area (Å²) >= 11 is 0. The highest BCUT2D eigenvalue weighted by Crippen LogP contribution is 2.35. The third-order valence-corrected chi connectivity index (χ3v) is 5.52. The van der Waals surface area contributed by atoms with E-state index in [0.29, 0.717) is 11.4 Å². The maximum absolute atomic E-state index is 12.7. The molecule has 0 radical (unpaired) electrons. The van der Waals surface area contributed by atoms with Gasteiger partial charge in [0.05, 0.1) is 24.2 Å². The lowest BCUT2D eigenvalue weighted by Gasteiger charge is -2.27. The van der Waals surface area contributed by atoms with E-state index in [9.17, 15) is 18.0 Å². The summed E-state index contributed by atoms with van der Waals surface area (Å²) in [5.74, 6) is 0.345. The average Bonchev–Trinajstić information content (AvgIpc) is 3.07. The molecular weight excluding hydrogens is 391 g/mol. The normalized spacial score (nSPS) is 16.2. The highest BCUT2D eigenvalue weighted by molar-refractivity contribution is 5.92. The van der Waals surface area contributed by atoms with Crippen LogP contribution in [0.5, 0.6) is 0 Å². The van der Waals surface area contributed by atoms with Crippen molar-refractivity contribution >= 4 is 11.7 Å². The van der Waals surface area contributed by atoms with E-state index in [0.717, 1.165) is 37.0 Å². The highest BCUT2D eigenvalue weighted by atomic mass is 19.4. The summed E-state index contributed by atoms with van der Waals surface area (Å²) in [5, 5.41) is 7.43. The summed E-state index contributed by atoms with van der Waals surface area (Å²) in [5.41, 5.74) is 3.15. The fourth-order valence-electron chi connectivity index (χ4n) is 4.00. The molecule has 1 aliphatic rings. The van der Waals surface area contributed by atoms with Gasteiger partial charge in [-0.15, -0.1) is 0 Å². The number of hydrogen-bond donors (Lipinski definition) is 1. The first-order valence-corrected chi connectivity index (χ1v) is 9.91. The fourth-order valence-corrected chi connectivity index (χ4v) is 4.00. The van der Waals surface area contributed by atoms with Gasteiger partial charge in [-0.25, -0.2) is 4.68 Å². The molecule has 1 amide bonds. The number of alkyl halides is 3. The van der Waals surface area contributed by atoms with Crippen molar-refractivity contribution < 1.29 is 18.0 Å². The molecule has 0 unspecified atom stereocenters. The van der Waals surface area contributed by atoms with Crippen LogP contribution in [-0.4, -0.2) is 15.7 Å². The molecule has 7 heteroatoms. The minimum absolute atomic E-state index is 0.00991. The number of carbonyl (C=O) groups excluding carboxylic acids is 1. The molecular formula is C23H22F3N3O. The minimum atomic E-state index is -4.39. The second-order valence-corrected chi connectivity index (χ2v) is 7.65. The Bertz CT molecular complexity index is 1050. The van der Waals surface area contributed by atoms with Crippen LogP contribution in [0.25, 0.3) is 0 Å². The van der Waals surface area contributed by atoms with Gasteiger partial charge in [-0.2, -0.15) is 18.3 Å². The Balaban J connectivity index is 1.52. The van der Waals surface area contributed by atoms with Gasteiger partial charge in [0, 0.05) is 5.56 Å². The summed E-state index contributed by atoms with van der Waals surface area (Å²) in [4.78, 5) is 12.6. The van der Waals surface area contributed by atoms with Gasteiger partial charge in [0.2, 0.25) is 5.91 Å². The number of anilines is 1. The molecule has 0 bridgehead atoms. The Kier molecular flexibility index (Phi) is 5.37. The summed E-state index contributed by atoms with van der Waals surface area (Å²) in [6.07, 6.45) is 0.331. The smallest absolute Gasteiger partial charge is 0.310 e. The molecule has 3 aromatic rings.